The highest BCUT2D eigenvalue weighted by Crippen LogP contribution is 2.06. The lowest BCUT2D eigenvalue weighted by Crippen LogP contribution is -2.08. The molecule has 0 atom stereocenters. The van der Waals surface area contributed by atoms with Crippen LogP contribution in [-0.4, -0.2) is 32.8 Å². The molecule has 17 heavy (non-hydrogen) atoms. The number of carbonyl (C=O) groups is 1. The molecule has 4 heteroatoms. The third-order valence-electron chi connectivity index (χ3n) is 2.35. The fourth-order valence-corrected chi connectivity index (χ4v) is 1.43. The molecule has 0 aliphatic carbocycles. The number of benzene rings is 1. The molecule has 1 aromatic carbocycles. The third-order valence-corrected chi connectivity index (χ3v) is 2.35. The minimum absolute atomic E-state index is 0.291. The molecule has 0 aliphatic heterocycles. The molecule has 0 radical (unpaired) electrons. The summed E-state index contributed by atoms with van der Waals surface area (Å²) in [7, 11) is 1.62. The van der Waals surface area contributed by atoms with Crippen molar-refractivity contribution < 1.29 is 14.3 Å². The van der Waals surface area contributed by atoms with E-state index < -0.39 is 0 Å². The van der Waals surface area contributed by atoms with Crippen molar-refractivity contribution in [3.05, 3.63) is 35.4 Å². The Kier molecular flexibility index (Phi) is 6.29. The van der Waals surface area contributed by atoms with Gasteiger partial charge < -0.3 is 15.2 Å². The summed E-state index contributed by atoms with van der Waals surface area (Å²) in [5.74, 6) is -0.291. The van der Waals surface area contributed by atoms with Crippen molar-refractivity contribution in [3.8, 4) is 0 Å². The molecule has 0 saturated carbocycles. The average Bonchev–Trinajstić information content (AvgIpc) is 2.36. The molecule has 4 nitrogen and oxygen atoms in total. The van der Waals surface area contributed by atoms with Crippen molar-refractivity contribution in [2.24, 2.45) is 5.73 Å². The molecular formula is C13H19NO3. The molecule has 0 aromatic heterocycles. The van der Waals surface area contributed by atoms with Crippen LogP contribution >= 0.6 is 0 Å². The minimum Gasteiger partial charge on any atom is -0.462 e. The zero-order chi connectivity index (χ0) is 12.5. The average molecular weight is 237 g/mol. The van der Waals surface area contributed by atoms with Crippen molar-refractivity contribution in [2.45, 2.75) is 12.8 Å². The smallest absolute Gasteiger partial charge is 0.338 e. The van der Waals surface area contributed by atoms with Gasteiger partial charge in [0.1, 0.15) is 0 Å². The molecule has 0 heterocycles. The number of methoxy groups -OCH3 is 1. The Labute approximate surface area is 102 Å². The number of nitrogens with two attached hydrogens (primary N) is 1. The van der Waals surface area contributed by atoms with Crippen LogP contribution in [0.1, 0.15) is 22.3 Å². The van der Waals surface area contributed by atoms with Crippen LogP contribution in [0, 0.1) is 0 Å². The van der Waals surface area contributed by atoms with E-state index in [9.17, 15) is 4.79 Å². The Morgan fingerprint density at radius 2 is 1.94 bits per heavy atom. The van der Waals surface area contributed by atoms with Crippen LogP contribution in [-0.2, 0) is 15.9 Å². The van der Waals surface area contributed by atoms with E-state index in [-0.39, 0.29) is 5.97 Å². The quantitative estimate of drug-likeness (QED) is 0.575. The van der Waals surface area contributed by atoms with E-state index >= 15 is 0 Å². The Hall–Kier alpha value is -1.39. The molecule has 1 aromatic rings. The van der Waals surface area contributed by atoms with Gasteiger partial charge in [-0.3, -0.25) is 0 Å². The number of hydrogen-bond acceptors (Lipinski definition) is 4. The van der Waals surface area contributed by atoms with Crippen molar-refractivity contribution in [3.63, 3.8) is 0 Å². The Bertz CT molecular complexity index is 335. The Balaban J connectivity index is 2.40. The van der Waals surface area contributed by atoms with Crippen LogP contribution in [0.4, 0.5) is 0 Å². The van der Waals surface area contributed by atoms with Gasteiger partial charge in [-0.25, -0.2) is 4.79 Å². The summed E-state index contributed by atoms with van der Waals surface area (Å²) in [5.41, 5.74) is 7.15. The predicted molar refractivity (Wildman–Crippen MR) is 66.0 cm³/mol. The van der Waals surface area contributed by atoms with Crippen LogP contribution < -0.4 is 5.73 Å². The second kappa shape index (κ2) is 7.81. The zero-order valence-electron chi connectivity index (χ0n) is 10.1. The van der Waals surface area contributed by atoms with Gasteiger partial charge >= 0.3 is 5.97 Å². The lowest BCUT2D eigenvalue weighted by molar-refractivity contribution is 0.0468. The van der Waals surface area contributed by atoms with Gasteiger partial charge in [0.15, 0.2) is 0 Å². The third kappa shape index (κ3) is 4.97. The monoisotopic (exact) mass is 237 g/mol. The summed E-state index contributed by atoms with van der Waals surface area (Å²) in [6.07, 6.45) is 1.54. The highest BCUT2D eigenvalue weighted by molar-refractivity contribution is 5.89. The minimum atomic E-state index is -0.291. The molecule has 1 rings (SSSR count). The van der Waals surface area contributed by atoms with Crippen LogP contribution in [0.3, 0.4) is 0 Å². The fourth-order valence-electron chi connectivity index (χ4n) is 1.43. The normalized spacial score (nSPS) is 10.2. The predicted octanol–water partition coefficient (Wildman–Crippen LogP) is 1.38. The maximum atomic E-state index is 11.6. The van der Waals surface area contributed by atoms with E-state index in [0.29, 0.717) is 31.7 Å². The molecule has 0 aliphatic rings. The first-order chi connectivity index (χ1) is 8.27. The van der Waals surface area contributed by atoms with E-state index in [2.05, 4.69) is 0 Å². The highest BCUT2D eigenvalue weighted by atomic mass is 16.5. The summed E-state index contributed by atoms with van der Waals surface area (Å²) in [6.45, 7) is 1.60. The van der Waals surface area contributed by atoms with Gasteiger partial charge in [0.25, 0.3) is 0 Å². The van der Waals surface area contributed by atoms with Crippen molar-refractivity contribution in [2.75, 3.05) is 26.9 Å². The molecule has 94 valence electrons. The summed E-state index contributed by atoms with van der Waals surface area (Å²) in [4.78, 5) is 11.6. The van der Waals surface area contributed by atoms with Gasteiger partial charge in [-0.05, 0) is 30.7 Å². The van der Waals surface area contributed by atoms with Gasteiger partial charge in [0.2, 0.25) is 0 Å². The lowest BCUT2D eigenvalue weighted by Gasteiger charge is -2.05. The molecule has 0 fully saturated rings. The first kappa shape index (κ1) is 13.7. The maximum absolute atomic E-state index is 11.6. The van der Waals surface area contributed by atoms with Crippen molar-refractivity contribution >= 4 is 5.97 Å². The van der Waals surface area contributed by atoms with E-state index in [1.807, 2.05) is 12.1 Å². The van der Waals surface area contributed by atoms with E-state index in [1.165, 1.54) is 0 Å². The lowest BCUT2D eigenvalue weighted by atomic mass is 10.1. The molecular weight excluding hydrogens is 218 g/mol. The largest absolute Gasteiger partial charge is 0.462 e. The van der Waals surface area contributed by atoms with E-state index in [4.69, 9.17) is 15.2 Å². The summed E-state index contributed by atoms with van der Waals surface area (Å²) >= 11 is 0. The van der Waals surface area contributed by atoms with Gasteiger partial charge in [0.05, 0.1) is 12.2 Å². The van der Waals surface area contributed by atoms with Crippen molar-refractivity contribution in [1.29, 1.82) is 0 Å². The number of ether oxygens (including phenoxy) is 2. The standard InChI is InChI=1S/C13H19NO3/c1-16-9-2-10-17-13(15)12-5-3-11(4-6-12)7-8-14/h3-6H,2,7-10,14H2,1H3. The second-order valence-corrected chi connectivity index (χ2v) is 3.72. The SMILES string of the molecule is COCCCOC(=O)c1ccc(CCN)cc1. The first-order valence-corrected chi connectivity index (χ1v) is 5.73. The number of esters is 1. The van der Waals surface area contributed by atoms with E-state index in [0.717, 1.165) is 12.0 Å². The molecule has 0 unspecified atom stereocenters. The van der Waals surface area contributed by atoms with Crippen LogP contribution in [0.15, 0.2) is 24.3 Å². The zero-order valence-corrected chi connectivity index (χ0v) is 10.1. The van der Waals surface area contributed by atoms with Gasteiger partial charge in [-0.2, -0.15) is 0 Å². The highest BCUT2D eigenvalue weighted by Gasteiger charge is 2.06. The molecule has 0 bridgehead atoms. The van der Waals surface area contributed by atoms with Crippen LogP contribution in [0.2, 0.25) is 0 Å². The second-order valence-electron chi connectivity index (χ2n) is 3.72. The van der Waals surface area contributed by atoms with Crippen LogP contribution in [0.25, 0.3) is 0 Å². The maximum Gasteiger partial charge on any atom is 0.338 e. The first-order valence-electron chi connectivity index (χ1n) is 5.73. The topological polar surface area (TPSA) is 61.5 Å². The summed E-state index contributed by atoms with van der Waals surface area (Å²) in [5, 5.41) is 0. The van der Waals surface area contributed by atoms with Gasteiger partial charge in [-0.1, -0.05) is 12.1 Å². The molecule has 2 N–H and O–H groups in total. The van der Waals surface area contributed by atoms with Gasteiger partial charge in [-0.15, -0.1) is 0 Å². The molecule has 0 saturated heterocycles. The van der Waals surface area contributed by atoms with Crippen LogP contribution in [0.5, 0.6) is 0 Å². The number of rotatable bonds is 7. The summed E-state index contributed by atoms with van der Waals surface area (Å²) in [6, 6.07) is 7.34. The van der Waals surface area contributed by atoms with E-state index in [1.54, 1.807) is 19.2 Å². The number of carbonyl (C=O) groups excluding carboxylic acids is 1. The van der Waals surface area contributed by atoms with Crippen molar-refractivity contribution in [1.82, 2.24) is 0 Å². The molecule has 0 spiro atoms. The number of hydrogen-bond donors (Lipinski definition) is 1. The Morgan fingerprint density at radius 3 is 2.53 bits per heavy atom. The fraction of sp³-hybridized carbons (Fsp3) is 0.462. The Morgan fingerprint density at radius 1 is 1.24 bits per heavy atom. The molecule has 0 amide bonds. The summed E-state index contributed by atoms with van der Waals surface area (Å²) < 4.78 is 9.96. The van der Waals surface area contributed by atoms with Gasteiger partial charge in [0, 0.05) is 20.1 Å².